The number of amides is 1. The Morgan fingerprint density at radius 1 is 1.26 bits per heavy atom. The van der Waals surface area contributed by atoms with Gasteiger partial charge in [0.25, 0.3) is 5.91 Å². The van der Waals surface area contributed by atoms with E-state index < -0.39 is 29.6 Å². The van der Waals surface area contributed by atoms with Gasteiger partial charge in [-0.05, 0) is 18.2 Å². The van der Waals surface area contributed by atoms with E-state index in [1.54, 1.807) is 11.9 Å². The first-order valence-electron chi connectivity index (χ1n) is 9.09. The average Bonchev–Trinajstić information content (AvgIpc) is 3.05. The Kier molecular flexibility index (Phi) is 5.21. The van der Waals surface area contributed by atoms with E-state index in [0.29, 0.717) is 23.3 Å². The van der Waals surface area contributed by atoms with Gasteiger partial charge in [0.05, 0.1) is 24.8 Å². The number of ether oxygens (including phenoxy) is 1. The summed E-state index contributed by atoms with van der Waals surface area (Å²) in [6, 6.07) is 3.62. The number of carbonyl (C=O) groups is 1. The van der Waals surface area contributed by atoms with Gasteiger partial charge in [-0.2, -0.15) is 18.3 Å². The number of nitrogens with one attached hydrogen (secondary N) is 1. The van der Waals surface area contributed by atoms with Crippen LogP contribution in [-0.4, -0.2) is 44.8 Å². The zero-order chi connectivity index (χ0) is 22.2. The molecule has 8 nitrogen and oxygen atoms in total. The quantitative estimate of drug-likeness (QED) is 0.620. The lowest BCUT2D eigenvalue weighted by molar-refractivity contribution is -0.137. The van der Waals surface area contributed by atoms with E-state index >= 15 is 0 Å². The maximum atomic E-state index is 13.5. The zero-order valence-corrected chi connectivity index (χ0v) is 16.1. The zero-order valence-electron chi connectivity index (χ0n) is 16.1. The fourth-order valence-corrected chi connectivity index (χ4v) is 3.19. The minimum atomic E-state index is -4.67. The van der Waals surface area contributed by atoms with Gasteiger partial charge in [-0.15, -0.1) is 0 Å². The van der Waals surface area contributed by atoms with Crippen LogP contribution in [0, 0.1) is 5.82 Å². The van der Waals surface area contributed by atoms with Gasteiger partial charge in [-0.1, -0.05) is 0 Å². The van der Waals surface area contributed by atoms with Crippen LogP contribution in [0.5, 0.6) is 5.75 Å². The molecule has 2 aromatic heterocycles. The molecule has 0 aliphatic carbocycles. The highest BCUT2D eigenvalue weighted by molar-refractivity contribution is 6.07. The molecule has 0 unspecified atom stereocenters. The van der Waals surface area contributed by atoms with Gasteiger partial charge in [0.15, 0.2) is 0 Å². The summed E-state index contributed by atoms with van der Waals surface area (Å²) in [5, 5.41) is 6.75. The lowest BCUT2D eigenvalue weighted by Crippen LogP contribution is -2.55. The maximum absolute atomic E-state index is 13.5. The fraction of sp³-hybridized carbons (Fsp3) is 0.263. The van der Waals surface area contributed by atoms with E-state index in [1.165, 1.54) is 29.5 Å². The first-order valence-corrected chi connectivity index (χ1v) is 9.09. The van der Waals surface area contributed by atoms with E-state index in [-0.39, 0.29) is 18.8 Å². The number of benzene rings is 1. The smallest absolute Gasteiger partial charge is 0.416 e. The third kappa shape index (κ3) is 4.42. The first-order chi connectivity index (χ1) is 14.7. The number of anilines is 2. The van der Waals surface area contributed by atoms with Crippen LogP contribution in [0.15, 0.2) is 43.0 Å². The van der Waals surface area contributed by atoms with Crippen molar-refractivity contribution >= 4 is 17.5 Å². The van der Waals surface area contributed by atoms with Gasteiger partial charge in [0, 0.05) is 19.3 Å². The molecule has 0 atom stereocenters. The van der Waals surface area contributed by atoms with Crippen molar-refractivity contribution in [3.63, 3.8) is 0 Å². The Morgan fingerprint density at radius 3 is 2.71 bits per heavy atom. The highest BCUT2D eigenvalue weighted by atomic mass is 19.4. The van der Waals surface area contributed by atoms with Gasteiger partial charge < -0.3 is 15.0 Å². The number of carbonyl (C=O) groups excluding carboxylic acids is 1. The van der Waals surface area contributed by atoms with Crippen LogP contribution >= 0.6 is 0 Å². The third-order valence-electron chi connectivity index (χ3n) is 4.62. The molecule has 0 radical (unpaired) electrons. The Morgan fingerprint density at radius 2 is 2.03 bits per heavy atom. The van der Waals surface area contributed by atoms with Crippen molar-refractivity contribution in [1.29, 1.82) is 0 Å². The number of alkyl halides is 3. The summed E-state index contributed by atoms with van der Waals surface area (Å²) in [4.78, 5) is 22.1. The third-order valence-corrected chi connectivity index (χ3v) is 4.62. The van der Waals surface area contributed by atoms with Crippen LogP contribution < -0.4 is 15.0 Å². The molecule has 1 N–H and O–H groups in total. The second-order valence-electron chi connectivity index (χ2n) is 6.87. The first kappa shape index (κ1) is 20.6. The second-order valence-corrected chi connectivity index (χ2v) is 6.87. The maximum Gasteiger partial charge on any atom is 0.416 e. The van der Waals surface area contributed by atoms with Crippen molar-refractivity contribution in [3.8, 4) is 5.75 Å². The fourth-order valence-electron chi connectivity index (χ4n) is 3.19. The SMILES string of the molecule is Cn1ncc(C(=O)Nc2ccncn2)c1N1CC(Oc2cc(F)cc(C(F)(F)F)c2)C1. The van der Waals surface area contributed by atoms with Crippen molar-refractivity contribution < 1.29 is 27.1 Å². The van der Waals surface area contributed by atoms with Crippen molar-refractivity contribution in [3.05, 3.63) is 59.9 Å². The van der Waals surface area contributed by atoms with Crippen LogP contribution in [0.3, 0.4) is 0 Å². The molecule has 1 amide bonds. The largest absolute Gasteiger partial charge is 0.487 e. The normalized spacial score (nSPS) is 14.3. The molecule has 1 saturated heterocycles. The van der Waals surface area contributed by atoms with E-state index in [0.717, 1.165) is 12.1 Å². The van der Waals surface area contributed by atoms with E-state index in [4.69, 9.17) is 4.74 Å². The second kappa shape index (κ2) is 7.85. The molecule has 1 aliphatic rings. The van der Waals surface area contributed by atoms with Gasteiger partial charge in [0.1, 0.15) is 41.2 Å². The molecule has 3 heterocycles. The molecule has 0 spiro atoms. The summed E-state index contributed by atoms with van der Waals surface area (Å²) in [7, 11) is 1.66. The predicted molar refractivity (Wildman–Crippen MR) is 101 cm³/mol. The van der Waals surface area contributed by atoms with E-state index in [2.05, 4.69) is 20.4 Å². The molecular formula is C19H16F4N6O2. The molecule has 31 heavy (non-hydrogen) atoms. The van der Waals surface area contributed by atoms with Crippen molar-refractivity contribution in [2.24, 2.45) is 7.05 Å². The van der Waals surface area contributed by atoms with Crippen LogP contribution in [0.1, 0.15) is 15.9 Å². The van der Waals surface area contributed by atoms with Gasteiger partial charge >= 0.3 is 6.18 Å². The number of rotatable bonds is 5. The molecule has 162 valence electrons. The van der Waals surface area contributed by atoms with Gasteiger partial charge in [-0.25, -0.2) is 14.4 Å². The number of nitrogens with zero attached hydrogens (tertiary/aromatic N) is 5. The standard InChI is InChI=1S/C19H16F4N6O2/c1-28-18(15(7-26-28)17(30)27-16-2-3-24-10-25-16)29-8-14(9-29)31-13-5-11(19(21,22)23)4-12(20)6-13/h2-7,10,14H,8-9H2,1H3,(H,24,25,27,30). The number of aromatic nitrogens is 4. The van der Waals surface area contributed by atoms with E-state index in [9.17, 15) is 22.4 Å². The highest BCUT2D eigenvalue weighted by Gasteiger charge is 2.35. The average molecular weight is 436 g/mol. The summed E-state index contributed by atoms with van der Waals surface area (Å²) in [6.07, 6.45) is -0.959. The summed E-state index contributed by atoms with van der Waals surface area (Å²) in [5.74, 6) is -0.820. The van der Waals surface area contributed by atoms with Crippen LogP contribution in [0.25, 0.3) is 0 Å². The monoisotopic (exact) mass is 436 g/mol. The lowest BCUT2D eigenvalue weighted by atomic mass is 10.1. The Hall–Kier alpha value is -3.70. The minimum Gasteiger partial charge on any atom is -0.487 e. The number of hydrogen-bond donors (Lipinski definition) is 1. The Labute approximate surface area is 173 Å². The van der Waals surface area contributed by atoms with Crippen molar-refractivity contribution in [1.82, 2.24) is 19.7 Å². The molecule has 1 aromatic carbocycles. The van der Waals surface area contributed by atoms with Crippen LogP contribution in [0.2, 0.25) is 0 Å². The molecule has 3 aromatic rings. The molecule has 0 bridgehead atoms. The summed E-state index contributed by atoms with van der Waals surface area (Å²) in [5.41, 5.74) is -0.821. The van der Waals surface area contributed by atoms with Gasteiger partial charge in [-0.3, -0.25) is 9.48 Å². The minimum absolute atomic E-state index is 0.205. The van der Waals surface area contributed by atoms with Gasteiger partial charge in [0.2, 0.25) is 0 Å². The molecule has 1 aliphatic heterocycles. The molecular weight excluding hydrogens is 420 g/mol. The van der Waals surface area contributed by atoms with Crippen LogP contribution in [-0.2, 0) is 13.2 Å². The Balaban J connectivity index is 1.44. The lowest BCUT2D eigenvalue weighted by Gasteiger charge is -2.40. The van der Waals surface area contributed by atoms with Crippen molar-refractivity contribution in [2.75, 3.05) is 23.3 Å². The molecule has 4 rings (SSSR count). The molecule has 0 saturated carbocycles. The Bertz CT molecular complexity index is 1100. The molecule has 1 fully saturated rings. The topological polar surface area (TPSA) is 85.2 Å². The van der Waals surface area contributed by atoms with Crippen LogP contribution in [0.4, 0.5) is 29.2 Å². The summed E-state index contributed by atoms with van der Waals surface area (Å²) >= 11 is 0. The summed E-state index contributed by atoms with van der Waals surface area (Å²) < 4.78 is 59.2. The number of hydrogen-bond acceptors (Lipinski definition) is 6. The number of aryl methyl sites for hydroxylation is 1. The highest BCUT2D eigenvalue weighted by Crippen LogP contribution is 2.34. The summed E-state index contributed by atoms with van der Waals surface area (Å²) in [6.45, 7) is 0.566. The van der Waals surface area contributed by atoms with E-state index in [1.807, 2.05) is 0 Å². The predicted octanol–water partition coefficient (Wildman–Crippen LogP) is 2.89. The number of halogens is 4. The van der Waals surface area contributed by atoms with Crippen molar-refractivity contribution in [2.45, 2.75) is 12.3 Å². The molecule has 12 heteroatoms.